The highest BCUT2D eigenvalue weighted by atomic mass is 79.9. The molecule has 7 heteroatoms. The molecule has 2 rings (SSSR count). The molecule has 1 N–H and O–H groups in total. The van der Waals surface area contributed by atoms with Gasteiger partial charge in [-0.1, -0.05) is 15.9 Å². The molecular weight excluding hydrogens is 360 g/mol. The van der Waals surface area contributed by atoms with Gasteiger partial charge in [0, 0.05) is 10.7 Å². The summed E-state index contributed by atoms with van der Waals surface area (Å²) < 4.78 is 32.8. The van der Waals surface area contributed by atoms with Crippen LogP contribution in [0.2, 0.25) is 0 Å². The van der Waals surface area contributed by atoms with Crippen LogP contribution in [0.5, 0.6) is 0 Å². The second kappa shape index (κ2) is 7.00. The molecule has 0 aliphatic heterocycles. The number of hydrogen-bond donors (Lipinski definition) is 1. The Morgan fingerprint density at radius 1 is 1.45 bits per heavy atom. The zero-order valence-electron chi connectivity index (χ0n) is 11.8. The van der Waals surface area contributed by atoms with Crippen molar-refractivity contribution < 1.29 is 23.4 Å². The van der Waals surface area contributed by atoms with Gasteiger partial charge in [0.25, 0.3) is 0 Å². The number of aliphatic imine (C=N–C) groups is 1. The molecule has 118 valence electrons. The second-order valence-electron chi connectivity index (χ2n) is 4.74. The fourth-order valence-corrected chi connectivity index (χ4v) is 2.13. The summed E-state index contributed by atoms with van der Waals surface area (Å²) in [7, 11) is 0. The van der Waals surface area contributed by atoms with Crippen molar-refractivity contribution in [1.29, 1.82) is 0 Å². The van der Waals surface area contributed by atoms with Crippen molar-refractivity contribution >= 4 is 33.9 Å². The summed E-state index contributed by atoms with van der Waals surface area (Å²) in [5.41, 5.74) is -1.05. The predicted molar refractivity (Wildman–Crippen MR) is 81.8 cm³/mol. The van der Waals surface area contributed by atoms with E-state index < -0.39 is 28.9 Å². The average Bonchev–Trinajstić information content (AvgIpc) is 3.22. The third-order valence-electron chi connectivity index (χ3n) is 2.96. The molecule has 1 saturated carbocycles. The van der Waals surface area contributed by atoms with Crippen LogP contribution in [-0.2, 0) is 9.53 Å². The van der Waals surface area contributed by atoms with Crippen LogP contribution in [0.3, 0.4) is 0 Å². The number of carbonyl (C=O) groups is 1. The van der Waals surface area contributed by atoms with Crippen LogP contribution in [0.4, 0.5) is 8.78 Å². The number of benzene rings is 1. The van der Waals surface area contributed by atoms with E-state index in [2.05, 4.69) is 20.9 Å². The summed E-state index contributed by atoms with van der Waals surface area (Å²) in [6.45, 7) is 1.66. The first kappa shape index (κ1) is 16.6. The standard InChI is InChI=1S/C15H14BrF2NO3/c1-2-22-15(21)10(7-19-9-3-4-9)14(20)13-11(17)5-8(16)6-12(13)18/h5-7,9,20H,2-4H2,1H3/b14-10-,19-7?. The van der Waals surface area contributed by atoms with Gasteiger partial charge >= 0.3 is 5.97 Å². The maximum atomic E-state index is 13.9. The number of esters is 1. The quantitative estimate of drug-likeness (QED) is 0.369. The van der Waals surface area contributed by atoms with E-state index in [9.17, 15) is 18.7 Å². The SMILES string of the molecule is CCOC(=O)/C(C=NC1CC1)=C(\O)c1c(F)cc(Br)cc1F. The van der Waals surface area contributed by atoms with Gasteiger partial charge < -0.3 is 9.84 Å². The van der Waals surface area contributed by atoms with E-state index in [4.69, 9.17) is 4.74 Å². The number of aliphatic hydroxyl groups is 1. The Hall–Kier alpha value is -1.76. The van der Waals surface area contributed by atoms with Gasteiger partial charge in [0.05, 0.1) is 18.2 Å². The zero-order valence-corrected chi connectivity index (χ0v) is 13.4. The Morgan fingerprint density at radius 2 is 2.05 bits per heavy atom. The monoisotopic (exact) mass is 373 g/mol. The third-order valence-corrected chi connectivity index (χ3v) is 3.41. The number of rotatable bonds is 5. The maximum absolute atomic E-state index is 13.9. The number of nitrogens with zero attached hydrogens (tertiary/aromatic N) is 1. The summed E-state index contributed by atoms with van der Waals surface area (Å²) in [5, 5.41) is 10.2. The molecule has 0 heterocycles. The Balaban J connectivity index is 2.50. The Morgan fingerprint density at radius 3 is 2.55 bits per heavy atom. The lowest BCUT2D eigenvalue weighted by Gasteiger charge is -2.09. The van der Waals surface area contributed by atoms with Gasteiger partial charge in [-0.05, 0) is 31.9 Å². The summed E-state index contributed by atoms with van der Waals surface area (Å²) in [6.07, 6.45) is 2.88. The summed E-state index contributed by atoms with van der Waals surface area (Å²) in [4.78, 5) is 16.0. The number of carbonyl (C=O) groups excluding carboxylic acids is 1. The number of halogens is 3. The molecule has 0 amide bonds. The van der Waals surface area contributed by atoms with E-state index in [0.29, 0.717) is 0 Å². The van der Waals surface area contributed by atoms with Crippen LogP contribution < -0.4 is 0 Å². The Kier molecular flexibility index (Phi) is 5.28. The fourth-order valence-electron chi connectivity index (χ4n) is 1.73. The van der Waals surface area contributed by atoms with Crippen molar-refractivity contribution in [2.75, 3.05) is 6.61 Å². The number of hydrogen-bond acceptors (Lipinski definition) is 4. The molecule has 0 unspecified atom stereocenters. The molecule has 0 saturated heterocycles. The van der Waals surface area contributed by atoms with Crippen molar-refractivity contribution in [2.45, 2.75) is 25.8 Å². The fraction of sp³-hybridized carbons (Fsp3) is 0.333. The largest absolute Gasteiger partial charge is 0.506 e. The summed E-state index contributed by atoms with van der Waals surface area (Å²) in [5.74, 6) is -3.70. The molecule has 0 atom stereocenters. The van der Waals surface area contributed by atoms with E-state index in [1.165, 1.54) is 0 Å². The Labute approximate surface area is 134 Å². The van der Waals surface area contributed by atoms with Gasteiger partial charge in [0.2, 0.25) is 0 Å². The number of ether oxygens (including phenoxy) is 1. The van der Waals surface area contributed by atoms with Gasteiger partial charge in [0.1, 0.15) is 23.0 Å². The maximum Gasteiger partial charge on any atom is 0.343 e. The predicted octanol–water partition coefficient (Wildman–Crippen LogP) is 3.79. The lowest BCUT2D eigenvalue weighted by atomic mass is 10.1. The van der Waals surface area contributed by atoms with Crippen LogP contribution in [-0.4, -0.2) is 29.9 Å². The number of aliphatic hydroxyl groups excluding tert-OH is 1. The van der Waals surface area contributed by atoms with Crippen LogP contribution in [0.25, 0.3) is 5.76 Å². The second-order valence-corrected chi connectivity index (χ2v) is 5.65. The Bertz CT molecular complexity index is 631. The topological polar surface area (TPSA) is 58.9 Å². The highest BCUT2D eigenvalue weighted by molar-refractivity contribution is 9.10. The van der Waals surface area contributed by atoms with Crippen LogP contribution in [0.15, 0.2) is 27.2 Å². The lowest BCUT2D eigenvalue weighted by Crippen LogP contribution is -2.12. The zero-order chi connectivity index (χ0) is 16.3. The van der Waals surface area contributed by atoms with Crippen molar-refractivity contribution in [3.8, 4) is 0 Å². The van der Waals surface area contributed by atoms with Gasteiger partial charge in [0.15, 0.2) is 0 Å². The van der Waals surface area contributed by atoms with Gasteiger partial charge in [-0.25, -0.2) is 13.6 Å². The van der Waals surface area contributed by atoms with Crippen molar-refractivity contribution in [3.63, 3.8) is 0 Å². The van der Waals surface area contributed by atoms with Crippen molar-refractivity contribution in [1.82, 2.24) is 0 Å². The minimum Gasteiger partial charge on any atom is -0.506 e. The minimum atomic E-state index is -0.994. The van der Waals surface area contributed by atoms with Gasteiger partial charge in [-0.3, -0.25) is 4.99 Å². The van der Waals surface area contributed by atoms with E-state index in [0.717, 1.165) is 31.2 Å². The first-order valence-electron chi connectivity index (χ1n) is 6.72. The average molecular weight is 374 g/mol. The first-order chi connectivity index (χ1) is 10.4. The third kappa shape index (κ3) is 3.91. The van der Waals surface area contributed by atoms with Gasteiger partial charge in [-0.15, -0.1) is 0 Å². The first-order valence-corrected chi connectivity index (χ1v) is 7.51. The normalized spacial score (nSPS) is 15.8. The molecule has 0 bridgehead atoms. The van der Waals surface area contributed by atoms with E-state index in [1.807, 2.05) is 0 Å². The van der Waals surface area contributed by atoms with Crippen molar-refractivity contribution in [2.24, 2.45) is 4.99 Å². The molecule has 1 aromatic rings. The molecular formula is C15H14BrF2NO3. The van der Waals surface area contributed by atoms with Crippen molar-refractivity contribution in [3.05, 3.63) is 39.4 Å². The van der Waals surface area contributed by atoms with Gasteiger partial charge in [-0.2, -0.15) is 0 Å². The summed E-state index contributed by atoms with van der Waals surface area (Å²) >= 11 is 2.95. The van der Waals surface area contributed by atoms with E-state index in [-0.39, 0.29) is 22.7 Å². The lowest BCUT2D eigenvalue weighted by molar-refractivity contribution is -0.137. The molecule has 0 radical (unpaired) electrons. The molecule has 0 spiro atoms. The van der Waals surface area contributed by atoms with Crippen LogP contribution in [0, 0.1) is 11.6 Å². The smallest absolute Gasteiger partial charge is 0.343 e. The molecule has 0 aromatic heterocycles. The molecule has 22 heavy (non-hydrogen) atoms. The molecule has 1 aliphatic rings. The van der Waals surface area contributed by atoms with E-state index in [1.54, 1.807) is 6.92 Å². The molecule has 4 nitrogen and oxygen atoms in total. The highest BCUT2D eigenvalue weighted by Gasteiger charge is 2.24. The van der Waals surface area contributed by atoms with E-state index >= 15 is 0 Å². The molecule has 1 aromatic carbocycles. The van der Waals surface area contributed by atoms with Crippen LogP contribution >= 0.6 is 15.9 Å². The minimum absolute atomic E-state index is 0.0676. The highest BCUT2D eigenvalue weighted by Crippen LogP contribution is 2.27. The molecule has 1 aliphatic carbocycles. The summed E-state index contributed by atoms with van der Waals surface area (Å²) in [6, 6.07) is 2.07. The molecule has 1 fully saturated rings. The van der Waals surface area contributed by atoms with Crippen LogP contribution in [0.1, 0.15) is 25.3 Å².